The number of rotatable bonds is 1. The second-order valence-electron chi connectivity index (χ2n) is 4.77. The minimum Gasteiger partial charge on any atom is -0.480 e. The zero-order chi connectivity index (χ0) is 13.1. The molecule has 2 aliphatic rings. The number of nitrogens with zero attached hydrogens (tertiary/aromatic N) is 2. The standard InChI is InChI=1S/C11H19N3O4/c15-8-6-9(10(16)17)14(7-8)11(18)13-4-1-2-12-3-5-13/h8-9,12,15H,1-7H2,(H,16,17). The van der Waals surface area contributed by atoms with Crippen molar-refractivity contribution in [2.24, 2.45) is 0 Å². The Morgan fingerprint density at radius 1 is 1.22 bits per heavy atom. The van der Waals surface area contributed by atoms with Gasteiger partial charge in [-0.05, 0) is 13.0 Å². The van der Waals surface area contributed by atoms with Crippen molar-refractivity contribution in [3.05, 3.63) is 0 Å². The number of hydrogen-bond acceptors (Lipinski definition) is 4. The molecule has 0 aromatic carbocycles. The minimum atomic E-state index is -1.05. The van der Waals surface area contributed by atoms with Gasteiger partial charge in [0.1, 0.15) is 6.04 Å². The Morgan fingerprint density at radius 3 is 2.72 bits per heavy atom. The summed E-state index contributed by atoms with van der Waals surface area (Å²) in [5.74, 6) is -1.05. The minimum absolute atomic E-state index is 0.111. The number of nitrogens with one attached hydrogen (secondary N) is 1. The average Bonchev–Trinajstić information content (AvgIpc) is 2.56. The van der Waals surface area contributed by atoms with Crippen molar-refractivity contribution in [1.29, 1.82) is 0 Å². The Labute approximate surface area is 105 Å². The molecular formula is C11H19N3O4. The summed E-state index contributed by atoms with van der Waals surface area (Å²) in [4.78, 5) is 26.3. The van der Waals surface area contributed by atoms with Gasteiger partial charge in [0.2, 0.25) is 0 Å². The molecule has 0 aliphatic carbocycles. The number of carbonyl (C=O) groups excluding carboxylic acids is 1. The predicted molar refractivity (Wildman–Crippen MR) is 63.2 cm³/mol. The summed E-state index contributed by atoms with van der Waals surface area (Å²) in [6.07, 6.45) is 0.243. The number of aliphatic hydroxyl groups is 1. The van der Waals surface area contributed by atoms with Crippen LogP contribution in [0.2, 0.25) is 0 Å². The van der Waals surface area contributed by atoms with Crippen LogP contribution in [0.5, 0.6) is 0 Å². The van der Waals surface area contributed by atoms with Crippen molar-refractivity contribution >= 4 is 12.0 Å². The lowest BCUT2D eigenvalue weighted by molar-refractivity contribution is -0.141. The first-order chi connectivity index (χ1) is 8.59. The molecule has 2 fully saturated rings. The van der Waals surface area contributed by atoms with E-state index < -0.39 is 18.1 Å². The molecular weight excluding hydrogens is 238 g/mol. The van der Waals surface area contributed by atoms with E-state index in [4.69, 9.17) is 5.11 Å². The highest BCUT2D eigenvalue weighted by Crippen LogP contribution is 2.20. The lowest BCUT2D eigenvalue weighted by atomic mass is 10.2. The van der Waals surface area contributed by atoms with E-state index in [9.17, 15) is 14.7 Å². The van der Waals surface area contributed by atoms with Gasteiger partial charge in [0.05, 0.1) is 6.10 Å². The maximum atomic E-state index is 12.3. The van der Waals surface area contributed by atoms with Crippen LogP contribution in [0, 0.1) is 0 Å². The van der Waals surface area contributed by atoms with Crippen LogP contribution in [0.1, 0.15) is 12.8 Å². The molecule has 0 saturated carbocycles. The third-order valence-corrected chi connectivity index (χ3v) is 3.42. The number of carboxylic acids is 1. The highest BCUT2D eigenvalue weighted by atomic mass is 16.4. The van der Waals surface area contributed by atoms with E-state index in [1.165, 1.54) is 4.90 Å². The van der Waals surface area contributed by atoms with Crippen molar-refractivity contribution in [3.63, 3.8) is 0 Å². The average molecular weight is 257 g/mol. The van der Waals surface area contributed by atoms with Crippen LogP contribution in [-0.4, -0.2) is 76.9 Å². The molecule has 0 aromatic heterocycles. The van der Waals surface area contributed by atoms with Crippen LogP contribution in [0.25, 0.3) is 0 Å². The van der Waals surface area contributed by atoms with Crippen LogP contribution in [0.3, 0.4) is 0 Å². The Hall–Kier alpha value is -1.34. The first-order valence-corrected chi connectivity index (χ1v) is 6.26. The molecule has 0 spiro atoms. The van der Waals surface area contributed by atoms with Gasteiger partial charge in [-0.25, -0.2) is 9.59 Å². The summed E-state index contributed by atoms with van der Waals surface area (Å²) >= 11 is 0. The first-order valence-electron chi connectivity index (χ1n) is 6.26. The zero-order valence-electron chi connectivity index (χ0n) is 10.2. The van der Waals surface area contributed by atoms with E-state index in [1.807, 2.05) is 0 Å². The zero-order valence-corrected chi connectivity index (χ0v) is 10.2. The summed E-state index contributed by atoms with van der Waals surface area (Å²) in [6.45, 7) is 2.91. The SMILES string of the molecule is O=C(O)C1CC(O)CN1C(=O)N1CCCNCC1. The molecule has 0 aromatic rings. The fourth-order valence-electron chi connectivity index (χ4n) is 2.48. The fourth-order valence-corrected chi connectivity index (χ4v) is 2.48. The van der Waals surface area contributed by atoms with Crippen molar-refractivity contribution in [3.8, 4) is 0 Å². The van der Waals surface area contributed by atoms with Crippen LogP contribution >= 0.6 is 0 Å². The molecule has 2 rings (SSSR count). The van der Waals surface area contributed by atoms with Gasteiger partial charge in [-0.15, -0.1) is 0 Å². The number of amides is 2. The van der Waals surface area contributed by atoms with Gasteiger partial charge in [-0.2, -0.15) is 0 Å². The maximum absolute atomic E-state index is 12.3. The number of aliphatic hydroxyl groups excluding tert-OH is 1. The maximum Gasteiger partial charge on any atom is 0.326 e. The van der Waals surface area contributed by atoms with Crippen molar-refractivity contribution in [1.82, 2.24) is 15.1 Å². The molecule has 7 heteroatoms. The highest BCUT2D eigenvalue weighted by Gasteiger charge is 2.40. The summed E-state index contributed by atoms with van der Waals surface area (Å²) in [6, 6.07) is -1.17. The number of carboxylic acid groups (broad SMARTS) is 1. The van der Waals surface area contributed by atoms with E-state index in [2.05, 4.69) is 5.32 Å². The molecule has 7 nitrogen and oxygen atoms in total. The topological polar surface area (TPSA) is 93.1 Å². The Bertz CT molecular complexity index is 328. The van der Waals surface area contributed by atoms with Crippen LogP contribution in [0.15, 0.2) is 0 Å². The largest absolute Gasteiger partial charge is 0.480 e. The Morgan fingerprint density at radius 2 is 2.00 bits per heavy atom. The monoisotopic (exact) mass is 257 g/mol. The first kappa shape index (κ1) is 13.1. The van der Waals surface area contributed by atoms with Gasteiger partial charge >= 0.3 is 12.0 Å². The van der Waals surface area contributed by atoms with E-state index in [-0.39, 0.29) is 19.0 Å². The van der Waals surface area contributed by atoms with Gasteiger partial charge < -0.3 is 25.3 Å². The van der Waals surface area contributed by atoms with Crippen LogP contribution in [0.4, 0.5) is 4.79 Å². The normalized spacial score (nSPS) is 29.2. The molecule has 2 unspecified atom stereocenters. The molecule has 2 saturated heterocycles. The molecule has 18 heavy (non-hydrogen) atoms. The van der Waals surface area contributed by atoms with Gasteiger partial charge in [0, 0.05) is 32.6 Å². The number of hydrogen-bond donors (Lipinski definition) is 3. The van der Waals surface area contributed by atoms with Gasteiger partial charge in [-0.1, -0.05) is 0 Å². The number of aliphatic carboxylic acids is 1. The third kappa shape index (κ3) is 2.73. The van der Waals surface area contributed by atoms with Gasteiger partial charge in [0.15, 0.2) is 0 Å². The van der Waals surface area contributed by atoms with E-state index >= 15 is 0 Å². The van der Waals surface area contributed by atoms with Crippen LogP contribution in [-0.2, 0) is 4.79 Å². The van der Waals surface area contributed by atoms with Crippen LogP contribution < -0.4 is 5.32 Å². The summed E-state index contributed by atoms with van der Waals surface area (Å²) in [5, 5.41) is 21.8. The van der Waals surface area contributed by atoms with E-state index in [1.54, 1.807) is 4.90 Å². The molecule has 0 radical (unpaired) electrons. The molecule has 2 amide bonds. The van der Waals surface area contributed by atoms with E-state index in [0.717, 1.165) is 19.5 Å². The molecule has 2 aliphatic heterocycles. The Kier molecular flexibility index (Phi) is 4.03. The van der Waals surface area contributed by atoms with Crippen molar-refractivity contribution in [2.75, 3.05) is 32.7 Å². The summed E-state index contributed by atoms with van der Waals surface area (Å²) in [5.41, 5.74) is 0. The van der Waals surface area contributed by atoms with Crippen molar-refractivity contribution < 1.29 is 19.8 Å². The van der Waals surface area contributed by atoms with Gasteiger partial charge in [0.25, 0.3) is 0 Å². The Balaban J connectivity index is 2.04. The second-order valence-corrected chi connectivity index (χ2v) is 4.77. The highest BCUT2D eigenvalue weighted by molar-refractivity contribution is 5.83. The molecule has 102 valence electrons. The summed E-state index contributed by atoms with van der Waals surface area (Å²) < 4.78 is 0. The lowest BCUT2D eigenvalue weighted by Gasteiger charge is -2.29. The lowest BCUT2D eigenvalue weighted by Crippen LogP contribution is -2.49. The smallest absolute Gasteiger partial charge is 0.326 e. The van der Waals surface area contributed by atoms with E-state index in [0.29, 0.717) is 13.1 Å². The third-order valence-electron chi connectivity index (χ3n) is 3.42. The van der Waals surface area contributed by atoms with Gasteiger partial charge in [-0.3, -0.25) is 0 Å². The second kappa shape index (κ2) is 5.53. The predicted octanol–water partition coefficient (Wildman–Crippen LogP) is -1.08. The fraction of sp³-hybridized carbons (Fsp3) is 0.818. The summed E-state index contributed by atoms with van der Waals surface area (Å²) in [7, 11) is 0. The number of urea groups is 1. The quantitative estimate of drug-likeness (QED) is 0.556. The molecule has 0 bridgehead atoms. The number of carbonyl (C=O) groups is 2. The number of likely N-dealkylation sites (tertiary alicyclic amines) is 1. The molecule has 2 atom stereocenters. The molecule has 2 heterocycles. The number of β-amino-alcohol motifs (C(OH)–C–C–N with tert-alkyl or cyclic N) is 1. The molecule has 3 N–H and O–H groups in total. The van der Waals surface area contributed by atoms with Crippen molar-refractivity contribution in [2.45, 2.75) is 25.0 Å².